The maximum atomic E-state index is 10.3. The van der Waals surface area contributed by atoms with Gasteiger partial charge in [0, 0.05) is 6.42 Å². The number of carbonyl (C=O) groups is 1. The molecule has 0 unspecified atom stereocenters. The lowest BCUT2D eigenvalue weighted by Crippen LogP contribution is -1.93. The molecule has 0 heterocycles. The van der Waals surface area contributed by atoms with Gasteiger partial charge in [-0.2, -0.15) is 0 Å². The van der Waals surface area contributed by atoms with Gasteiger partial charge in [-0.15, -0.1) is 0 Å². The van der Waals surface area contributed by atoms with E-state index in [2.05, 4.69) is 25.1 Å². The van der Waals surface area contributed by atoms with Crippen molar-refractivity contribution in [2.24, 2.45) is 0 Å². The van der Waals surface area contributed by atoms with Crippen molar-refractivity contribution in [1.82, 2.24) is 0 Å². The SMILES string of the molecule is C/C(=C/CCCCCC(=O)O)c1ccccc1. The van der Waals surface area contributed by atoms with E-state index >= 15 is 0 Å². The summed E-state index contributed by atoms with van der Waals surface area (Å²) in [6.07, 6.45) is 6.40. The number of carboxylic acid groups (broad SMARTS) is 1. The molecule has 0 aliphatic rings. The van der Waals surface area contributed by atoms with Crippen molar-refractivity contribution in [3.8, 4) is 0 Å². The zero-order valence-corrected chi connectivity index (χ0v) is 10.4. The third kappa shape index (κ3) is 5.91. The van der Waals surface area contributed by atoms with Gasteiger partial charge in [0.05, 0.1) is 0 Å². The van der Waals surface area contributed by atoms with Gasteiger partial charge in [0.25, 0.3) is 0 Å². The number of unbranched alkanes of at least 4 members (excludes halogenated alkanes) is 3. The van der Waals surface area contributed by atoms with E-state index in [0.29, 0.717) is 6.42 Å². The van der Waals surface area contributed by atoms with Gasteiger partial charge in [0.2, 0.25) is 0 Å². The van der Waals surface area contributed by atoms with Gasteiger partial charge in [0.1, 0.15) is 0 Å². The van der Waals surface area contributed by atoms with E-state index in [4.69, 9.17) is 5.11 Å². The van der Waals surface area contributed by atoms with Crippen LogP contribution in [0.15, 0.2) is 36.4 Å². The van der Waals surface area contributed by atoms with Crippen molar-refractivity contribution in [1.29, 1.82) is 0 Å². The van der Waals surface area contributed by atoms with Crippen molar-refractivity contribution in [3.05, 3.63) is 42.0 Å². The van der Waals surface area contributed by atoms with Crippen LogP contribution < -0.4 is 0 Å². The predicted molar refractivity (Wildman–Crippen MR) is 70.8 cm³/mol. The molecule has 0 radical (unpaired) electrons. The molecule has 0 saturated heterocycles. The molecule has 17 heavy (non-hydrogen) atoms. The van der Waals surface area contributed by atoms with Crippen LogP contribution >= 0.6 is 0 Å². The van der Waals surface area contributed by atoms with Crippen molar-refractivity contribution in [3.63, 3.8) is 0 Å². The van der Waals surface area contributed by atoms with Crippen LogP contribution in [0.2, 0.25) is 0 Å². The number of carboxylic acids is 1. The maximum Gasteiger partial charge on any atom is 0.303 e. The highest BCUT2D eigenvalue weighted by Crippen LogP contribution is 2.15. The minimum Gasteiger partial charge on any atom is -0.481 e. The van der Waals surface area contributed by atoms with Gasteiger partial charge in [-0.25, -0.2) is 0 Å². The molecule has 1 aromatic carbocycles. The lowest BCUT2D eigenvalue weighted by atomic mass is 10.0. The van der Waals surface area contributed by atoms with Gasteiger partial charge < -0.3 is 5.11 Å². The van der Waals surface area contributed by atoms with Crippen LogP contribution in [0.25, 0.3) is 5.57 Å². The lowest BCUT2D eigenvalue weighted by Gasteiger charge is -2.01. The maximum absolute atomic E-state index is 10.3. The minimum absolute atomic E-state index is 0.293. The average molecular weight is 232 g/mol. The fourth-order valence-corrected chi connectivity index (χ4v) is 1.73. The quantitative estimate of drug-likeness (QED) is 0.718. The van der Waals surface area contributed by atoms with Crippen LogP contribution in [0.4, 0.5) is 0 Å². The highest BCUT2D eigenvalue weighted by molar-refractivity contribution is 5.66. The third-order valence-electron chi connectivity index (χ3n) is 2.77. The molecule has 0 spiro atoms. The smallest absolute Gasteiger partial charge is 0.303 e. The fourth-order valence-electron chi connectivity index (χ4n) is 1.73. The molecule has 92 valence electrons. The second-order valence-corrected chi connectivity index (χ2v) is 4.25. The Morgan fingerprint density at radius 3 is 2.53 bits per heavy atom. The number of aliphatic carboxylic acids is 1. The molecule has 1 rings (SSSR count). The van der Waals surface area contributed by atoms with E-state index in [-0.39, 0.29) is 0 Å². The summed E-state index contributed by atoms with van der Waals surface area (Å²) >= 11 is 0. The van der Waals surface area contributed by atoms with E-state index in [0.717, 1.165) is 25.7 Å². The Morgan fingerprint density at radius 1 is 1.18 bits per heavy atom. The Balaban J connectivity index is 2.23. The molecule has 0 atom stereocenters. The molecule has 1 aromatic rings. The first-order chi connectivity index (χ1) is 8.20. The molecule has 0 saturated carbocycles. The zero-order chi connectivity index (χ0) is 12.5. The van der Waals surface area contributed by atoms with Crippen molar-refractivity contribution < 1.29 is 9.90 Å². The number of rotatable bonds is 7. The molecule has 0 amide bonds. The van der Waals surface area contributed by atoms with Gasteiger partial charge in [0.15, 0.2) is 0 Å². The molecule has 0 aliphatic heterocycles. The largest absolute Gasteiger partial charge is 0.481 e. The van der Waals surface area contributed by atoms with Crippen LogP contribution in [-0.4, -0.2) is 11.1 Å². The fraction of sp³-hybridized carbons (Fsp3) is 0.400. The standard InChI is InChI=1S/C15H20O2/c1-13(14-10-6-4-7-11-14)9-5-2-3-8-12-15(16)17/h4,6-7,9-11H,2-3,5,8,12H2,1H3,(H,16,17)/b13-9-. The molecular weight excluding hydrogens is 212 g/mol. The Labute approximate surface area is 103 Å². The molecule has 0 aliphatic carbocycles. The number of hydrogen-bond acceptors (Lipinski definition) is 1. The van der Waals surface area contributed by atoms with Gasteiger partial charge in [-0.3, -0.25) is 4.79 Å². The van der Waals surface area contributed by atoms with Gasteiger partial charge in [-0.05, 0) is 37.3 Å². The molecule has 1 N–H and O–H groups in total. The van der Waals surface area contributed by atoms with E-state index in [9.17, 15) is 4.79 Å². The third-order valence-corrected chi connectivity index (χ3v) is 2.77. The van der Waals surface area contributed by atoms with Crippen LogP contribution in [0.1, 0.15) is 44.6 Å². The molecule has 0 aromatic heterocycles. The van der Waals surface area contributed by atoms with Crippen molar-refractivity contribution in [2.45, 2.75) is 39.0 Å². The Morgan fingerprint density at radius 2 is 1.88 bits per heavy atom. The van der Waals surface area contributed by atoms with E-state index in [1.54, 1.807) is 0 Å². The minimum atomic E-state index is -0.694. The Bertz CT molecular complexity index is 366. The molecular formula is C15H20O2. The van der Waals surface area contributed by atoms with E-state index in [1.165, 1.54) is 11.1 Å². The molecule has 0 fully saturated rings. The molecule has 0 bridgehead atoms. The summed E-state index contributed by atoms with van der Waals surface area (Å²) in [5.41, 5.74) is 2.56. The first-order valence-corrected chi connectivity index (χ1v) is 6.14. The second kappa shape index (κ2) is 7.66. The zero-order valence-electron chi connectivity index (χ0n) is 10.4. The number of allylic oxidation sites excluding steroid dienone is 2. The van der Waals surface area contributed by atoms with Crippen LogP contribution in [-0.2, 0) is 4.79 Å². The Hall–Kier alpha value is -1.57. The van der Waals surface area contributed by atoms with Gasteiger partial charge >= 0.3 is 5.97 Å². The first-order valence-electron chi connectivity index (χ1n) is 6.14. The van der Waals surface area contributed by atoms with E-state index in [1.807, 2.05) is 18.2 Å². The number of hydrogen-bond donors (Lipinski definition) is 1. The number of benzene rings is 1. The lowest BCUT2D eigenvalue weighted by molar-refractivity contribution is -0.137. The normalized spacial score (nSPS) is 11.5. The highest BCUT2D eigenvalue weighted by atomic mass is 16.4. The molecule has 2 nitrogen and oxygen atoms in total. The van der Waals surface area contributed by atoms with Crippen LogP contribution in [0.3, 0.4) is 0 Å². The van der Waals surface area contributed by atoms with Crippen molar-refractivity contribution >= 4 is 11.5 Å². The topological polar surface area (TPSA) is 37.3 Å². The first kappa shape index (κ1) is 13.5. The summed E-state index contributed by atoms with van der Waals surface area (Å²) < 4.78 is 0. The van der Waals surface area contributed by atoms with Gasteiger partial charge in [-0.1, -0.05) is 42.8 Å². The Kier molecular flexibility index (Phi) is 6.08. The summed E-state index contributed by atoms with van der Waals surface area (Å²) in [6.45, 7) is 2.12. The monoisotopic (exact) mass is 232 g/mol. The molecule has 2 heteroatoms. The van der Waals surface area contributed by atoms with E-state index < -0.39 is 5.97 Å². The van der Waals surface area contributed by atoms with Crippen LogP contribution in [0, 0.1) is 0 Å². The summed E-state index contributed by atoms with van der Waals surface area (Å²) in [7, 11) is 0. The highest BCUT2D eigenvalue weighted by Gasteiger charge is 1.96. The summed E-state index contributed by atoms with van der Waals surface area (Å²) in [5.74, 6) is -0.694. The average Bonchev–Trinajstić information content (AvgIpc) is 2.34. The summed E-state index contributed by atoms with van der Waals surface area (Å²) in [6, 6.07) is 10.3. The predicted octanol–water partition coefficient (Wildman–Crippen LogP) is 4.13. The second-order valence-electron chi connectivity index (χ2n) is 4.25. The summed E-state index contributed by atoms with van der Waals surface area (Å²) in [5, 5.41) is 8.49. The van der Waals surface area contributed by atoms with Crippen molar-refractivity contribution in [2.75, 3.05) is 0 Å². The summed E-state index contributed by atoms with van der Waals surface area (Å²) in [4.78, 5) is 10.3. The van der Waals surface area contributed by atoms with Crippen LogP contribution in [0.5, 0.6) is 0 Å².